The molecule has 0 atom stereocenters. The van der Waals surface area contributed by atoms with E-state index in [0.29, 0.717) is 0 Å². The van der Waals surface area contributed by atoms with E-state index in [1.807, 2.05) is 32.5 Å². The summed E-state index contributed by atoms with van der Waals surface area (Å²) in [6, 6.07) is 0. The number of nitrogens with zero attached hydrogens (tertiary/aromatic N) is 4. The van der Waals surface area contributed by atoms with E-state index < -0.39 is 0 Å². The number of hydrogen-bond donors (Lipinski definition) is 1. The highest BCUT2D eigenvalue weighted by atomic mass is 79.9. The minimum atomic E-state index is -0.124. The van der Waals surface area contributed by atoms with Gasteiger partial charge in [-0.1, -0.05) is 20.8 Å². The Morgan fingerprint density at radius 2 is 1.71 bits per heavy atom. The smallest absolute Gasteiger partial charge is 0.162 e. The molecular weight excluding hydrogens is 330 g/mol. The molecule has 0 unspecified atom stereocenters. The maximum Gasteiger partial charge on any atom is 0.162 e. The van der Waals surface area contributed by atoms with Crippen LogP contribution in [0.3, 0.4) is 0 Å². The zero-order valence-electron chi connectivity index (χ0n) is 13.7. The van der Waals surface area contributed by atoms with Gasteiger partial charge in [-0.05, 0) is 36.7 Å². The van der Waals surface area contributed by atoms with Gasteiger partial charge in [-0.15, -0.1) is 0 Å². The number of halogens is 1. The van der Waals surface area contributed by atoms with E-state index in [-0.39, 0.29) is 5.41 Å². The summed E-state index contributed by atoms with van der Waals surface area (Å²) in [4.78, 5) is 9.40. The van der Waals surface area contributed by atoms with E-state index in [9.17, 15) is 0 Å². The van der Waals surface area contributed by atoms with E-state index in [0.717, 1.165) is 38.9 Å². The van der Waals surface area contributed by atoms with Crippen molar-refractivity contribution in [3.8, 4) is 5.82 Å². The fourth-order valence-corrected chi connectivity index (χ4v) is 2.37. The average Bonchev–Trinajstić information content (AvgIpc) is 2.65. The van der Waals surface area contributed by atoms with Crippen LogP contribution < -0.4 is 5.32 Å². The second-order valence-electron chi connectivity index (χ2n) is 6.24. The molecule has 2 aromatic rings. The van der Waals surface area contributed by atoms with Gasteiger partial charge in [-0.3, -0.25) is 0 Å². The van der Waals surface area contributed by atoms with Gasteiger partial charge >= 0.3 is 0 Å². The second kappa shape index (κ2) is 5.40. The quantitative estimate of drug-likeness (QED) is 0.896. The van der Waals surface area contributed by atoms with Gasteiger partial charge in [-0.2, -0.15) is 5.10 Å². The Hall–Kier alpha value is -1.43. The molecule has 0 fully saturated rings. The zero-order chi connectivity index (χ0) is 15.9. The van der Waals surface area contributed by atoms with Crippen LogP contribution in [-0.2, 0) is 5.41 Å². The van der Waals surface area contributed by atoms with Crippen LogP contribution in [-0.4, -0.2) is 26.8 Å². The van der Waals surface area contributed by atoms with Crippen LogP contribution in [0.4, 0.5) is 5.82 Å². The van der Waals surface area contributed by atoms with Gasteiger partial charge in [0.05, 0.1) is 15.9 Å². The highest BCUT2D eigenvalue weighted by Gasteiger charge is 2.23. The van der Waals surface area contributed by atoms with Crippen LogP contribution >= 0.6 is 15.9 Å². The molecule has 114 valence electrons. The molecular formula is C15H22BrN5. The lowest BCUT2D eigenvalue weighted by molar-refractivity contribution is 0.541. The molecule has 2 aromatic heterocycles. The minimum absolute atomic E-state index is 0.124. The van der Waals surface area contributed by atoms with Crippen LogP contribution in [0.1, 0.15) is 43.5 Å². The lowest BCUT2D eigenvalue weighted by atomic mass is 9.95. The zero-order valence-corrected chi connectivity index (χ0v) is 15.3. The summed E-state index contributed by atoms with van der Waals surface area (Å²) in [7, 11) is 1.88. The fourth-order valence-electron chi connectivity index (χ4n) is 2.12. The molecule has 0 saturated heterocycles. The fraction of sp³-hybridized carbons (Fsp3) is 0.533. The number of hydrogen-bond acceptors (Lipinski definition) is 4. The summed E-state index contributed by atoms with van der Waals surface area (Å²) in [5, 5.41) is 7.75. The SMILES string of the molecule is CNc1nc(C(C)(C)C)nc(-n2nc(C)c(Br)c2C)c1C. The molecule has 0 bridgehead atoms. The minimum Gasteiger partial charge on any atom is -0.373 e. The standard InChI is InChI=1S/C15H22BrN5/c1-8-12(17-7)18-14(15(4,5)6)19-13(8)21-10(3)11(16)9(2)20-21/h1-7H3,(H,17,18,19). The normalized spacial score (nSPS) is 11.8. The third-order valence-corrected chi connectivity index (χ3v) is 4.58. The molecule has 1 N–H and O–H groups in total. The molecule has 2 rings (SSSR count). The largest absolute Gasteiger partial charge is 0.373 e. The second-order valence-corrected chi connectivity index (χ2v) is 7.03. The summed E-state index contributed by atoms with van der Waals surface area (Å²) in [5.74, 6) is 2.47. The number of aromatic nitrogens is 4. The number of nitrogens with one attached hydrogen (secondary N) is 1. The van der Waals surface area contributed by atoms with Crippen molar-refractivity contribution in [2.45, 2.75) is 47.0 Å². The summed E-state index contributed by atoms with van der Waals surface area (Å²) in [6.07, 6.45) is 0. The number of rotatable bonds is 2. The van der Waals surface area contributed by atoms with Gasteiger partial charge in [0.15, 0.2) is 5.82 Å². The highest BCUT2D eigenvalue weighted by molar-refractivity contribution is 9.10. The molecule has 5 nitrogen and oxygen atoms in total. The van der Waals surface area contributed by atoms with Crippen LogP contribution in [0, 0.1) is 20.8 Å². The molecule has 0 radical (unpaired) electrons. The Labute approximate surface area is 134 Å². The Balaban J connectivity index is 2.75. The van der Waals surface area contributed by atoms with Crippen molar-refractivity contribution in [1.82, 2.24) is 19.7 Å². The highest BCUT2D eigenvalue weighted by Crippen LogP contribution is 2.28. The van der Waals surface area contributed by atoms with E-state index in [1.54, 1.807) is 0 Å². The van der Waals surface area contributed by atoms with Crippen molar-refractivity contribution >= 4 is 21.7 Å². The average molecular weight is 352 g/mol. The number of aryl methyl sites for hydroxylation is 1. The molecule has 21 heavy (non-hydrogen) atoms. The predicted octanol–water partition coefficient (Wildman–Crippen LogP) is 3.69. The van der Waals surface area contributed by atoms with E-state index in [2.05, 4.69) is 52.1 Å². The van der Waals surface area contributed by atoms with Crippen molar-refractivity contribution in [3.63, 3.8) is 0 Å². The molecule has 0 aliphatic rings. The van der Waals surface area contributed by atoms with E-state index in [1.165, 1.54) is 0 Å². The Bertz CT molecular complexity index is 682. The summed E-state index contributed by atoms with van der Waals surface area (Å²) in [5.41, 5.74) is 2.86. The molecule has 2 heterocycles. The van der Waals surface area contributed by atoms with Gasteiger partial charge in [0, 0.05) is 18.0 Å². The first-order valence-electron chi connectivity index (χ1n) is 6.95. The summed E-state index contributed by atoms with van der Waals surface area (Å²) < 4.78 is 2.90. The third-order valence-electron chi connectivity index (χ3n) is 3.43. The van der Waals surface area contributed by atoms with Gasteiger partial charge in [0.25, 0.3) is 0 Å². The topological polar surface area (TPSA) is 55.6 Å². The van der Waals surface area contributed by atoms with Crippen molar-refractivity contribution in [2.24, 2.45) is 0 Å². The van der Waals surface area contributed by atoms with Gasteiger partial charge in [0.2, 0.25) is 0 Å². The first-order valence-corrected chi connectivity index (χ1v) is 7.75. The van der Waals surface area contributed by atoms with Gasteiger partial charge in [-0.25, -0.2) is 14.6 Å². The lowest BCUT2D eigenvalue weighted by Crippen LogP contribution is -2.20. The van der Waals surface area contributed by atoms with Crippen molar-refractivity contribution in [2.75, 3.05) is 12.4 Å². The van der Waals surface area contributed by atoms with Crippen LogP contribution in [0.2, 0.25) is 0 Å². The molecule has 0 spiro atoms. The lowest BCUT2D eigenvalue weighted by Gasteiger charge is -2.20. The maximum atomic E-state index is 4.77. The van der Waals surface area contributed by atoms with Gasteiger partial charge in [0.1, 0.15) is 11.6 Å². The van der Waals surface area contributed by atoms with E-state index in [4.69, 9.17) is 4.98 Å². The third kappa shape index (κ3) is 2.81. The first kappa shape index (κ1) is 15.9. The molecule has 0 aliphatic carbocycles. The van der Waals surface area contributed by atoms with Crippen molar-refractivity contribution in [3.05, 3.63) is 27.2 Å². The Morgan fingerprint density at radius 1 is 1.10 bits per heavy atom. The van der Waals surface area contributed by atoms with Gasteiger partial charge < -0.3 is 5.32 Å². The maximum absolute atomic E-state index is 4.77. The molecule has 0 amide bonds. The van der Waals surface area contributed by atoms with Crippen molar-refractivity contribution in [1.29, 1.82) is 0 Å². The molecule has 0 aliphatic heterocycles. The molecule has 0 saturated carbocycles. The molecule has 6 heteroatoms. The summed E-state index contributed by atoms with van der Waals surface area (Å²) in [6.45, 7) is 12.3. The van der Waals surface area contributed by atoms with Crippen LogP contribution in [0.5, 0.6) is 0 Å². The van der Waals surface area contributed by atoms with Crippen LogP contribution in [0.15, 0.2) is 4.47 Å². The number of anilines is 1. The molecule has 0 aromatic carbocycles. The Morgan fingerprint density at radius 3 is 2.14 bits per heavy atom. The van der Waals surface area contributed by atoms with Crippen LogP contribution in [0.25, 0.3) is 5.82 Å². The summed E-state index contributed by atoms with van der Waals surface area (Å²) >= 11 is 3.57. The Kier molecular flexibility index (Phi) is 4.10. The first-order chi connectivity index (χ1) is 9.66. The van der Waals surface area contributed by atoms with Crippen molar-refractivity contribution < 1.29 is 0 Å². The van der Waals surface area contributed by atoms with E-state index >= 15 is 0 Å². The monoisotopic (exact) mass is 351 g/mol. The predicted molar refractivity (Wildman–Crippen MR) is 89.3 cm³/mol.